The van der Waals surface area contributed by atoms with Gasteiger partial charge in [0.25, 0.3) is 0 Å². The van der Waals surface area contributed by atoms with Gasteiger partial charge in [-0.3, -0.25) is 4.79 Å². The van der Waals surface area contributed by atoms with Gasteiger partial charge in [-0.25, -0.2) is 4.98 Å². The maximum absolute atomic E-state index is 13.9. The highest BCUT2D eigenvalue weighted by molar-refractivity contribution is 6.03. The van der Waals surface area contributed by atoms with Crippen molar-refractivity contribution in [3.05, 3.63) is 77.0 Å². The lowest BCUT2D eigenvalue weighted by molar-refractivity contribution is -0.143. The molecule has 41 heavy (non-hydrogen) atoms. The summed E-state index contributed by atoms with van der Waals surface area (Å²) in [5.74, 6) is -0.212. The van der Waals surface area contributed by atoms with Crippen molar-refractivity contribution in [2.75, 3.05) is 23.4 Å². The molecule has 1 atom stereocenters. The molecule has 0 aliphatic carbocycles. The Morgan fingerprint density at radius 2 is 1.54 bits per heavy atom. The van der Waals surface area contributed by atoms with Crippen LogP contribution in [-0.4, -0.2) is 36.8 Å². The van der Waals surface area contributed by atoms with Gasteiger partial charge >= 0.3 is 12.4 Å². The molecular formula is C30H29F6N3O2. The van der Waals surface area contributed by atoms with Crippen molar-refractivity contribution < 1.29 is 35.9 Å². The van der Waals surface area contributed by atoms with Crippen molar-refractivity contribution in [1.82, 2.24) is 4.98 Å². The van der Waals surface area contributed by atoms with Crippen molar-refractivity contribution in [3.63, 3.8) is 0 Å². The predicted molar refractivity (Wildman–Crippen MR) is 144 cm³/mol. The molecule has 0 saturated carbocycles. The highest BCUT2D eigenvalue weighted by atomic mass is 19.4. The van der Waals surface area contributed by atoms with Crippen LogP contribution in [0.25, 0.3) is 11.1 Å². The second-order valence-corrected chi connectivity index (χ2v) is 10.7. The molecule has 0 N–H and O–H groups in total. The van der Waals surface area contributed by atoms with E-state index in [1.165, 1.54) is 32.0 Å². The monoisotopic (exact) mass is 577 g/mol. The predicted octanol–water partition coefficient (Wildman–Crippen LogP) is 7.20. The van der Waals surface area contributed by atoms with Gasteiger partial charge in [-0.15, -0.1) is 0 Å². The molecule has 0 bridgehead atoms. The molecule has 4 rings (SSSR count). The molecule has 1 aromatic heterocycles. The Hall–Kier alpha value is -3.89. The van der Waals surface area contributed by atoms with Crippen LogP contribution >= 0.6 is 0 Å². The van der Waals surface area contributed by atoms with Gasteiger partial charge < -0.3 is 14.6 Å². The molecule has 11 heteroatoms. The largest absolute Gasteiger partial charge is 0.416 e. The highest BCUT2D eigenvalue weighted by Gasteiger charge is 2.41. The van der Waals surface area contributed by atoms with E-state index < -0.39 is 40.4 Å². The number of aldehydes is 1. The standard InChI is InChI=1S/C30H29F6N3O2/c1-18-8-5-6-10-23(18)24-15-26(39-11-7-9-22(39)17-40)37-16-25(24)38(4)27(41)28(2,3)19-12-20(29(31,32)33)14-21(13-19)30(34,35)36/h5-6,8,10,12-17,22H,7,9,11H2,1-4H3. The first-order valence-electron chi connectivity index (χ1n) is 12.9. The van der Waals surface area contributed by atoms with Crippen LogP contribution in [0.1, 0.15) is 48.9 Å². The highest BCUT2D eigenvalue weighted by Crippen LogP contribution is 2.41. The first-order valence-corrected chi connectivity index (χ1v) is 12.9. The van der Waals surface area contributed by atoms with Crippen LogP contribution in [-0.2, 0) is 27.4 Å². The number of carbonyl (C=O) groups excluding carboxylic acids is 2. The average Bonchev–Trinajstić information content (AvgIpc) is 3.40. The quantitative estimate of drug-likeness (QED) is 0.230. The Morgan fingerprint density at radius 3 is 2.10 bits per heavy atom. The number of likely N-dealkylation sites (N-methyl/N-ethyl adjacent to an activating group) is 1. The number of hydrogen-bond acceptors (Lipinski definition) is 4. The molecule has 0 spiro atoms. The van der Waals surface area contributed by atoms with Crippen LogP contribution in [0, 0.1) is 6.92 Å². The number of pyridine rings is 1. The molecule has 1 fully saturated rings. The fourth-order valence-electron chi connectivity index (χ4n) is 5.14. The van der Waals surface area contributed by atoms with Gasteiger partial charge in [-0.2, -0.15) is 26.3 Å². The minimum absolute atomic E-state index is 0.0393. The number of carbonyl (C=O) groups is 2. The molecule has 3 aromatic rings. The summed E-state index contributed by atoms with van der Waals surface area (Å²) in [5, 5.41) is 0. The summed E-state index contributed by atoms with van der Waals surface area (Å²) in [6.45, 7) is 5.06. The van der Waals surface area contributed by atoms with E-state index in [9.17, 15) is 35.9 Å². The Morgan fingerprint density at radius 1 is 0.951 bits per heavy atom. The van der Waals surface area contributed by atoms with E-state index in [2.05, 4.69) is 4.98 Å². The van der Waals surface area contributed by atoms with Crippen LogP contribution < -0.4 is 9.80 Å². The second kappa shape index (κ2) is 10.8. The number of aromatic nitrogens is 1. The van der Waals surface area contributed by atoms with Crippen molar-refractivity contribution in [2.45, 2.75) is 57.4 Å². The van der Waals surface area contributed by atoms with E-state index in [-0.39, 0.29) is 12.1 Å². The van der Waals surface area contributed by atoms with Crippen LogP contribution in [0.15, 0.2) is 54.7 Å². The van der Waals surface area contributed by atoms with Crippen molar-refractivity contribution >= 4 is 23.7 Å². The van der Waals surface area contributed by atoms with Gasteiger partial charge in [-0.05, 0) is 74.6 Å². The number of amides is 1. The summed E-state index contributed by atoms with van der Waals surface area (Å²) in [4.78, 5) is 33.1. The van der Waals surface area contributed by atoms with Crippen LogP contribution in [0.4, 0.5) is 37.8 Å². The Balaban J connectivity index is 1.82. The minimum Gasteiger partial charge on any atom is -0.347 e. The number of nitrogens with zero attached hydrogens (tertiary/aromatic N) is 3. The molecule has 1 aliphatic heterocycles. The van der Waals surface area contributed by atoms with Gasteiger partial charge in [-0.1, -0.05) is 24.3 Å². The zero-order valence-corrected chi connectivity index (χ0v) is 22.9. The van der Waals surface area contributed by atoms with Crippen LogP contribution in [0.2, 0.25) is 0 Å². The smallest absolute Gasteiger partial charge is 0.347 e. The maximum atomic E-state index is 13.9. The Bertz CT molecular complexity index is 1430. The van der Waals surface area contributed by atoms with Gasteiger partial charge in [0.15, 0.2) is 0 Å². The molecule has 218 valence electrons. The first-order chi connectivity index (χ1) is 19.1. The van der Waals surface area contributed by atoms with Gasteiger partial charge in [0.05, 0.1) is 34.5 Å². The van der Waals surface area contributed by atoms with E-state index in [0.29, 0.717) is 42.2 Å². The number of rotatable bonds is 6. The number of anilines is 2. The Kier molecular flexibility index (Phi) is 7.95. The fraction of sp³-hybridized carbons (Fsp3) is 0.367. The SMILES string of the molecule is Cc1ccccc1-c1cc(N2CCCC2C=O)ncc1N(C)C(=O)C(C)(C)c1cc(C(F)(F)F)cc(C(F)(F)F)c1. The van der Waals surface area contributed by atoms with E-state index >= 15 is 0 Å². The lowest BCUT2D eigenvalue weighted by Crippen LogP contribution is -2.42. The zero-order valence-electron chi connectivity index (χ0n) is 22.9. The number of benzene rings is 2. The molecule has 1 saturated heterocycles. The van der Waals surface area contributed by atoms with Gasteiger partial charge in [0.2, 0.25) is 5.91 Å². The maximum Gasteiger partial charge on any atom is 0.416 e. The molecule has 5 nitrogen and oxygen atoms in total. The first kappa shape index (κ1) is 30.1. The van der Waals surface area contributed by atoms with E-state index in [0.717, 1.165) is 23.8 Å². The minimum atomic E-state index is -5.05. The van der Waals surface area contributed by atoms with Crippen molar-refractivity contribution in [3.8, 4) is 11.1 Å². The summed E-state index contributed by atoms with van der Waals surface area (Å²) in [7, 11) is 1.41. The fourth-order valence-corrected chi connectivity index (χ4v) is 5.14. The molecule has 2 heterocycles. The van der Waals surface area contributed by atoms with E-state index in [1.54, 1.807) is 6.07 Å². The number of aryl methyl sites for hydroxylation is 1. The van der Waals surface area contributed by atoms with Crippen molar-refractivity contribution in [2.24, 2.45) is 0 Å². The van der Waals surface area contributed by atoms with Gasteiger partial charge in [0.1, 0.15) is 12.1 Å². The number of hydrogen-bond donors (Lipinski definition) is 0. The van der Waals surface area contributed by atoms with E-state index in [1.807, 2.05) is 36.1 Å². The summed E-state index contributed by atoms with van der Waals surface area (Å²) in [6.07, 6.45) is -6.31. The number of alkyl halides is 6. The summed E-state index contributed by atoms with van der Waals surface area (Å²) < 4.78 is 81.3. The molecular weight excluding hydrogens is 548 g/mol. The molecule has 1 aliphatic rings. The van der Waals surface area contributed by atoms with Crippen LogP contribution in [0.5, 0.6) is 0 Å². The van der Waals surface area contributed by atoms with E-state index in [4.69, 9.17) is 0 Å². The summed E-state index contributed by atoms with van der Waals surface area (Å²) >= 11 is 0. The lowest BCUT2D eigenvalue weighted by atomic mass is 9.81. The third kappa shape index (κ3) is 5.94. The lowest BCUT2D eigenvalue weighted by Gasteiger charge is -2.32. The summed E-state index contributed by atoms with van der Waals surface area (Å²) in [5.41, 5.74) is -2.68. The Labute approximate surface area is 233 Å². The second-order valence-electron chi connectivity index (χ2n) is 10.7. The normalized spacial score (nSPS) is 16.1. The molecule has 0 radical (unpaired) electrons. The molecule has 2 aromatic carbocycles. The third-order valence-electron chi connectivity index (χ3n) is 7.56. The van der Waals surface area contributed by atoms with Crippen LogP contribution in [0.3, 0.4) is 0 Å². The van der Waals surface area contributed by atoms with Gasteiger partial charge in [0, 0.05) is 19.2 Å². The third-order valence-corrected chi connectivity index (χ3v) is 7.56. The topological polar surface area (TPSA) is 53.5 Å². The number of halogens is 6. The summed E-state index contributed by atoms with van der Waals surface area (Å²) in [6, 6.07) is 9.97. The molecule has 1 unspecified atom stereocenters. The average molecular weight is 578 g/mol. The van der Waals surface area contributed by atoms with Crippen molar-refractivity contribution in [1.29, 1.82) is 0 Å². The molecule has 1 amide bonds. The zero-order chi connectivity index (χ0) is 30.3.